The van der Waals surface area contributed by atoms with Crippen molar-refractivity contribution in [3.63, 3.8) is 0 Å². The monoisotopic (exact) mass is 279 g/mol. The Morgan fingerprint density at radius 3 is 2.75 bits per heavy atom. The summed E-state index contributed by atoms with van der Waals surface area (Å²) in [5.41, 5.74) is 5.77. The van der Waals surface area contributed by atoms with Gasteiger partial charge in [-0.3, -0.25) is 9.59 Å². The third-order valence-electron chi connectivity index (χ3n) is 3.51. The van der Waals surface area contributed by atoms with E-state index in [4.69, 9.17) is 5.73 Å². The summed E-state index contributed by atoms with van der Waals surface area (Å²) in [6.45, 7) is 2.34. The minimum Gasteiger partial charge on any atom is -0.366 e. The summed E-state index contributed by atoms with van der Waals surface area (Å²) in [6, 6.07) is 2.21. The average molecular weight is 279 g/mol. The SMILES string of the molecule is Cc1c(F)cc(C(N)=O)cc1NC(=O)[C@H]1CCCCN1. The van der Waals surface area contributed by atoms with E-state index in [0.29, 0.717) is 5.56 Å². The molecule has 20 heavy (non-hydrogen) atoms. The fourth-order valence-electron chi connectivity index (χ4n) is 2.25. The molecule has 108 valence electrons. The zero-order valence-electron chi connectivity index (χ0n) is 11.3. The van der Waals surface area contributed by atoms with Crippen molar-refractivity contribution in [2.45, 2.75) is 32.2 Å². The van der Waals surface area contributed by atoms with Crippen molar-refractivity contribution in [2.24, 2.45) is 5.73 Å². The number of rotatable bonds is 3. The molecule has 1 aromatic carbocycles. The van der Waals surface area contributed by atoms with Gasteiger partial charge in [-0.05, 0) is 38.4 Å². The van der Waals surface area contributed by atoms with Gasteiger partial charge in [0.25, 0.3) is 0 Å². The van der Waals surface area contributed by atoms with E-state index in [1.165, 1.54) is 6.07 Å². The highest BCUT2D eigenvalue weighted by molar-refractivity contribution is 5.98. The molecule has 0 aromatic heterocycles. The van der Waals surface area contributed by atoms with Crippen molar-refractivity contribution in [3.05, 3.63) is 29.1 Å². The van der Waals surface area contributed by atoms with Crippen LogP contribution in [0.4, 0.5) is 10.1 Å². The van der Waals surface area contributed by atoms with E-state index in [9.17, 15) is 14.0 Å². The number of anilines is 1. The molecule has 5 nitrogen and oxygen atoms in total. The summed E-state index contributed by atoms with van der Waals surface area (Å²) < 4.78 is 13.7. The fourth-order valence-corrected chi connectivity index (χ4v) is 2.25. The van der Waals surface area contributed by atoms with Crippen molar-refractivity contribution < 1.29 is 14.0 Å². The largest absolute Gasteiger partial charge is 0.366 e. The number of halogens is 1. The van der Waals surface area contributed by atoms with Crippen molar-refractivity contribution in [2.75, 3.05) is 11.9 Å². The first-order chi connectivity index (χ1) is 9.49. The van der Waals surface area contributed by atoms with Crippen LogP contribution in [-0.4, -0.2) is 24.4 Å². The molecule has 1 saturated heterocycles. The van der Waals surface area contributed by atoms with Gasteiger partial charge in [-0.1, -0.05) is 6.42 Å². The summed E-state index contributed by atoms with van der Waals surface area (Å²) >= 11 is 0. The van der Waals surface area contributed by atoms with Gasteiger partial charge in [-0.25, -0.2) is 4.39 Å². The number of primary amides is 1. The smallest absolute Gasteiger partial charge is 0.248 e. The first kappa shape index (κ1) is 14.5. The van der Waals surface area contributed by atoms with Crippen LogP contribution in [0.25, 0.3) is 0 Å². The quantitative estimate of drug-likeness (QED) is 0.780. The topological polar surface area (TPSA) is 84.2 Å². The Bertz CT molecular complexity index is 539. The van der Waals surface area contributed by atoms with Crippen LogP contribution >= 0.6 is 0 Å². The molecule has 0 radical (unpaired) electrons. The maximum Gasteiger partial charge on any atom is 0.248 e. The van der Waals surface area contributed by atoms with Gasteiger partial charge >= 0.3 is 0 Å². The van der Waals surface area contributed by atoms with Crippen LogP contribution in [0.15, 0.2) is 12.1 Å². The van der Waals surface area contributed by atoms with Gasteiger partial charge in [0, 0.05) is 16.8 Å². The van der Waals surface area contributed by atoms with Gasteiger partial charge < -0.3 is 16.4 Å². The molecule has 1 atom stereocenters. The highest BCUT2D eigenvalue weighted by Gasteiger charge is 2.21. The zero-order chi connectivity index (χ0) is 14.7. The second-order valence-electron chi connectivity index (χ2n) is 4.99. The maximum atomic E-state index is 13.7. The number of nitrogens with two attached hydrogens (primary N) is 1. The summed E-state index contributed by atoms with van der Waals surface area (Å²) in [5.74, 6) is -1.50. The molecule has 1 fully saturated rings. The highest BCUT2D eigenvalue weighted by atomic mass is 19.1. The molecule has 0 unspecified atom stereocenters. The van der Waals surface area contributed by atoms with E-state index in [0.717, 1.165) is 31.9 Å². The van der Waals surface area contributed by atoms with Gasteiger partial charge in [0.15, 0.2) is 0 Å². The zero-order valence-corrected chi connectivity index (χ0v) is 11.3. The fraction of sp³-hybridized carbons (Fsp3) is 0.429. The third-order valence-corrected chi connectivity index (χ3v) is 3.51. The van der Waals surface area contributed by atoms with E-state index in [1.54, 1.807) is 6.92 Å². The molecular formula is C14H18FN3O2. The van der Waals surface area contributed by atoms with E-state index in [2.05, 4.69) is 10.6 Å². The van der Waals surface area contributed by atoms with Crippen molar-refractivity contribution in [1.82, 2.24) is 5.32 Å². The Hall–Kier alpha value is -1.95. The number of hydrogen-bond donors (Lipinski definition) is 3. The normalized spacial score (nSPS) is 18.6. The Morgan fingerprint density at radius 1 is 1.40 bits per heavy atom. The Morgan fingerprint density at radius 2 is 2.15 bits per heavy atom. The summed E-state index contributed by atoms with van der Waals surface area (Å²) in [7, 11) is 0. The van der Waals surface area contributed by atoms with Crippen molar-refractivity contribution >= 4 is 17.5 Å². The van der Waals surface area contributed by atoms with Crippen LogP contribution in [0, 0.1) is 12.7 Å². The van der Waals surface area contributed by atoms with Crippen LogP contribution in [0.2, 0.25) is 0 Å². The van der Waals surface area contributed by atoms with Crippen LogP contribution in [0.3, 0.4) is 0 Å². The maximum absolute atomic E-state index is 13.7. The Kier molecular flexibility index (Phi) is 4.34. The van der Waals surface area contributed by atoms with Crippen LogP contribution < -0.4 is 16.4 Å². The standard InChI is InChI=1S/C14H18FN3O2/c1-8-10(15)6-9(13(16)19)7-12(8)18-14(20)11-4-2-3-5-17-11/h6-7,11,17H,2-5H2,1H3,(H2,16,19)(H,18,20)/t11-/m1/s1. The van der Waals surface area contributed by atoms with E-state index in [1.807, 2.05) is 0 Å². The lowest BCUT2D eigenvalue weighted by atomic mass is 10.0. The molecule has 1 aliphatic heterocycles. The molecule has 1 heterocycles. The molecule has 2 amide bonds. The number of amides is 2. The third kappa shape index (κ3) is 3.14. The first-order valence-corrected chi connectivity index (χ1v) is 6.63. The van der Waals surface area contributed by atoms with Gasteiger partial charge in [0.05, 0.1) is 6.04 Å². The molecule has 1 aliphatic rings. The molecule has 0 bridgehead atoms. The lowest BCUT2D eigenvalue weighted by molar-refractivity contribution is -0.118. The van der Waals surface area contributed by atoms with Gasteiger partial charge in [-0.15, -0.1) is 0 Å². The number of hydrogen-bond acceptors (Lipinski definition) is 3. The molecule has 0 spiro atoms. The second kappa shape index (κ2) is 6.00. The van der Waals surface area contributed by atoms with Crippen molar-refractivity contribution in [3.8, 4) is 0 Å². The molecule has 6 heteroatoms. The number of benzene rings is 1. The van der Waals surface area contributed by atoms with Crippen LogP contribution in [0.1, 0.15) is 35.2 Å². The molecule has 2 rings (SSSR count). The number of carbonyl (C=O) groups is 2. The minimum atomic E-state index is -0.727. The number of piperidine rings is 1. The van der Waals surface area contributed by atoms with E-state index in [-0.39, 0.29) is 23.2 Å². The van der Waals surface area contributed by atoms with Gasteiger partial charge in [-0.2, -0.15) is 0 Å². The molecule has 0 saturated carbocycles. The molecular weight excluding hydrogens is 261 g/mol. The molecule has 4 N–H and O–H groups in total. The molecule has 1 aromatic rings. The first-order valence-electron chi connectivity index (χ1n) is 6.63. The minimum absolute atomic E-state index is 0.0417. The highest BCUT2D eigenvalue weighted by Crippen LogP contribution is 2.21. The molecule has 0 aliphatic carbocycles. The van der Waals surface area contributed by atoms with Crippen LogP contribution in [0.5, 0.6) is 0 Å². The summed E-state index contributed by atoms with van der Waals surface area (Å²) in [5, 5.41) is 5.78. The lowest BCUT2D eigenvalue weighted by Gasteiger charge is -2.23. The summed E-state index contributed by atoms with van der Waals surface area (Å²) in [4.78, 5) is 23.2. The van der Waals surface area contributed by atoms with Crippen LogP contribution in [-0.2, 0) is 4.79 Å². The van der Waals surface area contributed by atoms with E-state index >= 15 is 0 Å². The summed E-state index contributed by atoms with van der Waals surface area (Å²) in [6.07, 6.45) is 2.79. The van der Waals surface area contributed by atoms with Gasteiger partial charge in [0.2, 0.25) is 11.8 Å². The Labute approximate surface area is 116 Å². The predicted octanol–water partition coefficient (Wildman–Crippen LogP) is 1.31. The van der Waals surface area contributed by atoms with Crippen molar-refractivity contribution in [1.29, 1.82) is 0 Å². The predicted molar refractivity (Wildman–Crippen MR) is 73.9 cm³/mol. The second-order valence-corrected chi connectivity index (χ2v) is 4.99. The average Bonchev–Trinajstić information content (AvgIpc) is 2.44. The van der Waals surface area contributed by atoms with Gasteiger partial charge in [0.1, 0.15) is 5.82 Å². The number of carbonyl (C=O) groups excluding carboxylic acids is 2. The number of nitrogens with one attached hydrogen (secondary N) is 2. The van der Waals surface area contributed by atoms with E-state index < -0.39 is 11.7 Å². The lowest BCUT2D eigenvalue weighted by Crippen LogP contribution is -2.43. The Balaban J connectivity index is 2.19.